The van der Waals surface area contributed by atoms with Crippen LogP contribution in [0.5, 0.6) is 0 Å². The first-order valence-corrected chi connectivity index (χ1v) is 5.32. The summed E-state index contributed by atoms with van der Waals surface area (Å²) in [6, 6.07) is 7.86. The number of ether oxygens (including phenoxy) is 1. The number of hydrogen-bond acceptors (Lipinski definition) is 3. The molecular formula is C13H15NO2. The molecule has 0 spiro atoms. The van der Waals surface area contributed by atoms with Gasteiger partial charge in [-0.1, -0.05) is 24.3 Å². The Morgan fingerprint density at radius 2 is 2.06 bits per heavy atom. The van der Waals surface area contributed by atoms with Gasteiger partial charge < -0.3 is 4.74 Å². The van der Waals surface area contributed by atoms with Gasteiger partial charge in [-0.05, 0) is 19.4 Å². The van der Waals surface area contributed by atoms with Crippen molar-refractivity contribution in [2.24, 2.45) is 4.99 Å². The molecule has 1 unspecified atom stereocenters. The van der Waals surface area contributed by atoms with Crippen LogP contribution in [0.3, 0.4) is 0 Å². The molecule has 1 aliphatic heterocycles. The van der Waals surface area contributed by atoms with Gasteiger partial charge in [0.05, 0.1) is 5.54 Å². The second-order valence-electron chi connectivity index (χ2n) is 4.53. The Morgan fingerprint density at radius 1 is 1.38 bits per heavy atom. The van der Waals surface area contributed by atoms with E-state index in [2.05, 4.69) is 4.99 Å². The van der Waals surface area contributed by atoms with E-state index in [0.717, 1.165) is 11.1 Å². The van der Waals surface area contributed by atoms with E-state index in [1.165, 1.54) is 6.92 Å². The fourth-order valence-corrected chi connectivity index (χ4v) is 1.93. The van der Waals surface area contributed by atoms with Crippen molar-refractivity contribution in [1.29, 1.82) is 0 Å². The molecule has 16 heavy (non-hydrogen) atoms. The van der Waals surface area contributed by atoms with Crippen LogP contribution in [0.1, 0.15) is 38.0 Å². The third-order valence-corrected chi connectivity index (χ3v) is 2.74. The van der Waals surface area contributed by atoms with Crippen molar-refractivity contribution < 1.29 is 9.53 Å². The van der Waals surface area contributed by atoms with Crippen LogP contribution in [0.2, 0.25) is 0 Å². The first-order chi connectivity index (χ1) is 7.50. The average molecular weight is 217 g/mol. The van der Waals surface area contributed by atoms with Gasteiger partial charge in [0.2, 0.25) is 0 Å². The van der Waals surface area contributed by atoms with Gasteiger partial charge in [-0.25, -0.2) is 0 Å². The highest BCUT2D eigenvalue weighted by Crippen LogP contribution is 2.36. The predicted molar refractivity (Wildman–Crippen MR) is 62.6 cm³/mol. The first kappa shape index (κ1) is 10.9. The molecule has 0 saturated heterocycles. The Bertz CT molecular complexity index is 449. The van der Waals surface area contributed by atoms with Gasteiger partial charge >= 0.3 is 5.97 Å². The molecule has 0 N–H and O–H groups in total. The summed E-state index contributed by atoms with van der Waals surface area (Å²) < 4.78 is 5.38. The lowest BCUT2D eigenvalue weighted by Crippen LogP contribution is -2.34. The zero-order valence-electron chi connectivity index (χ0n) is 9.73. The number of hydrogen-bond donors (Lipinski definition) is 0. The van der Waals surface area contributed by atoms with Crippen molar-refractivity contribution >= 4 is 12.2 Å². The summed E-state index contributed by atoms with van der Waals surface area (Å²) in [5.74, 6) is -0.273. The summed E-state index contributed by atoms with van der Waals surface area (Å²) in [4.78, 5) is 15.6. The molecule has 1 aromatic rings. The number of rotatable bonds is 1. The number of nitrogens with zero attached hydrogens (tertiary/aromatic N) is 1. The SMILES string of the molecule is CC(=O)OC1c2ccccc2C=NC1(C)C. The Balaban J connectivity index is 2.46. The van der Waals surface area contributed by atoms with Gasteiger partial charge in [-0.15, -0.1) is 0 Å². The Kier molecular flexibility index (Phi) is 2.54. The molecular weight excluding hydrogens is 202 g/mol. The Morgan fingerprint density at radius 3 is 2.75 bits per heavy atom. The van der Waals surface area contributed by atoms with Gasteiger partial charge in [0.25, 0.3) is 0 Å². The molecule has 0 aromatic heterocycles. The number of carbonyl (C=O) groups is 1. The quantitative estimate of drug-likeness (QED) is 0.678. The molecule has 0 amide bonds. The van der Waals surface area contributed by atoms with E-state index in [0.29, 0.717) is 0 Å². The topological polar surface area (TPSA) is 38.7 Å². The lowest BCUT2D eigenvalue weighted by molar-refractivity contribution is -0.149. The van der Waals surface area contributed by atoms with Crippen LogP contribution in [0.15, 0.2) is 29.3 Å². The number of carbonyl (C=O) groups excluding carboxylic acids is 1. The maximum Gasteiger partial charge on any atom is 0.303 e. The fraction of sp³-hybridized carbons (Fsp3) is 0.385. The van der Waals surface area contributed by atoms with Crippen LogP contribution in [0, 0.1) is 0 Å². The maximum absolute atomic E-state index is 11.1. The summed E-state index contributed by atoms with van der Waals surface area (Å²) in [5.41, 5.74) is 1.64. The standard InChI is InChI=1S/C13H15NO2/c1-9(15)16-12-11-7-5-4-6-10(11)8-14-13(12,2)3/h4-8,12H,1-3H3. The van der Waals surface area contributed by atoms with Crippen molar-refractivity contribution in [1.82, 2.24) is 0 Å². The normalized spacial score (nSPS) is 21.3. The van der Waals surface area contributed by atoms with E-state index in [-0.39, 0.29) is 12.1 Å². The minimum atomic E-state index is -0.403. The van der Waals surface area contributed by atoms with E-state index >= 15 is 0 Å². The molecule has 0 saturated carbocycles. The number of fused-ring (bicyclic) bond motifs is 1. The fourth-order valence-electron chi connectivity index (χ4n) is 1.93. The summed E-state index contributed by atoms with van der Waals surface area (Å²) in [7, 11) is 0. The molecule has 1 aliphatic rings. The number of esters is 1. The third kappa shape index (κ3) is 1.85. The maximum atomic E-state index is 11.1. The van der Waals surface area contributed by atoms with Crippen molar-refractivity contribution in [2.75, 3.05) is 0 Å². The second-order valence-corrected chi connectivity index (χ2v) is 4.53. The van der Waals surface area contributed by atoms with Crippen LogP contribution in [0.25, 0.3) is 0 Å². The van der Waals surface area contributed by atoms with E-state index in [9.17, 15) is 4.79 Å². The molecule has 1 aromatic carbocycles. The van der Waals surface area contributed by atoms with Gasteiger partial charge in [-0.2, -0.15) is 0 Å². The highest BCUT2D eigenvalue weighted by atomic mass is 16.5. The molecule has 84 valence electrons. The lowest BCUT2D eigenvalue weighted by atomic mass is 9.86. The first-order valence-electron chi connectivity index (χ1n) is 5.32. The van der Waals surface area contributed by atoms with Crippen LogP contribution in [-0.4, -0.2) is 17.7 Å². The van der Waals surface area contributed by atoms with Crippen molar-refractivity contribution in [3.05, 3.63) is 35.4 Å². The van der Waals surface area contributed by atoms with E-state index < -0.39 is 5.54 Å². The van der Waals surface area contributed by atoms with E-state index in [1.807, 2.05) is 44.3 Å². The minimum absolute atomic E-state index is 0.273. The smallest absolute Gasteiger partial charge is 0.303 e. The predicted octanol–water partition coefficient (Wildman–Crippen LogP) is 2.50. The third-order valence-electron chi connectivity index (χ3n) is 2.74. The van der Waals surface area contributed by atoms with Crippen molar-refractivity contribution in [3.63, 3.8) is 0 Å². The van der Waals surface area contributed by atoms with Gasteiger partial charge in [0.1, 0.15) is 0 Å². The molecule has 2 rings (SSSR count). The molecule has 0 radical (unpaired) electrons. The molecule has 1 heterocycles. The van der Waals surface area contributed by atoms with Gasteiger partial charge in [0, 0.05) is 18.7 Å². The van der Waals surface area contributed by atoms with Crippen LogP contribution >= 0.6 is 0 Å². The summed E-state index contributed by atoms with van der Waals surface area (Å²) >= 11 is 0. The molecule has 0 bridgehead atoms. The highest BCUT2D eigenvalue weighted by molar-refractivity contribution is 5.84. The van der Waals surface area contributed by atoms with E-state index in [1.54, 1.807) is 0 Å². The molecule has 0 fully saturated rings. The minimum Gasteiger partial charge on any atom is -0.455 e. The summed E-state index contributed by atoms with van der Waals surface area (Å²) in [6.07, 6.45) is 1.54. The monoisotopic (exact) mass is 217 g/mol. The van der Waals surface area contributed by atoms with E-state index in [4.69, 9.17) is 4.74 Å². The van der Waals surface area contributed by atoms with Crippen LogP contribution < -0.4 is 0 Å². The Labute approximate surface area is 95.2 Å². The average Bonchev–Trinajstić information content (AvgIpc) is 2.22. The molecule has 3 nitrogen and oxygen atoms in total. The highest BCUT2D eigenvalue weighted by Gasteiger charge is 2.36. The van der Waals surface area contributed by atoms with Crippen LogP contribution in [0.4, 0.5) is 0 Å². The lowest BCUT2D eigenvalue weighted by Gasteiger charge is -2.34. The second kappa shape index (κ2) is 3.74. The largest absolute Gasteiger partial charge is 0.455 e. The number of benzene rings is 1. The van der Waals surface area contributed by atoms with Crippen molar-refractivity contribution in [3.8, 4) is 0 Å². The zero-order valence-corrected chi connectivity index (χ0v) is 9.73. The summed E-state index contributed by atoms with van der Waals surface area (Å²) in [5, 5.41) is 0. The van der Waals surface area contributed by atoms with Gasteiger partial charge in [-0.3, -0.25) is 9.79 Å². The molecule has 0 aliphatic carbocycles. The molecule has 1 atom stereocenters. The number of aliphatic imine (C=N–C) groups is 1. The van der Waals surface area contributed by atoms with Gasteiger partial charge in [0.15, 0.2) is 6.10 Å². The van der Waals surface area contributed by atoms with Crippen LogP contribution in [-0.2, 0) is 9.53 Å². The van der Waals surface area contributed by atoms with Crippen molar-refractivity contribution in [2.45, 2.75) is 32.4 Å². The Hall–Kier alpha value is -1.64. The summed E-state index contributed by atoms with van der Waals surface area (Å²) in [6.45, 7) is 5.36. The zero-order chi connectivity index (χ0) is 11.8. The molecule has 3 heteroatoms.